The molecule has 1 aromatic rings. The summed E-state index contributed by atoms with van der Waals surface area (Å²) in [5.41, 5.74) is 0.987. The van der Waals surface area contributed by atoms with Gasteiger partial charge in [-0.3, -0.25) is 0 Å². The Bertz CT molecular complexity index is 555. The highest BCUT2D eigenvalue weighted by molar-refractivity contribution is 5.50. The van der Waals surface area contributed by atoms with Crippen LogP contribution in [0.15, 0.2) is 36.4 Å². The average molecular weight is 284 g/mol. The average Bonchev–Trinajstić information content (AvgIpc) is 2.52. The lowest BCUT2D eigenvalue weighted by Gasteiger charge is -2.12. The van der Waals surface area contributed by atoms with E-state index in [1.54, 1.807) is 19.1 Å². The first kappa shape index (κ1) is 17.0. The van der Waals surface area contributed by atoms with Crippen LogP contribution in [0, 0.1) is 23.7 Å². The number of hydrogen-bond donors (Lipinski definition) is 3. The summed E-state index contributed by atoms with van der Waals surface area (Å²) >= 11 is 0. The van der Waals surface area contributed by atoms with Crippen molar-refractivity contribution in [1.82, 2.24) is 0 Å². The molecular weight excluding hydrogens is 264 g/mol. The Hall–Kier alpha value is -2.04. The number of rotatable bonds is 5. The number of aliphatic hydroxyl groups excluding tert-OH is 3. The van der Waals surface area contributed by atoms with Gasteiger partial charge >= 0.3 is 0 Å². The van der Waals surface area contributed by atoms with Crippen molar-refractivity contribution in [1.29, 1.82) is 0 Å². The fourth-order valence-electron chi connectivity index (χ4n) is 1.53. The minimum absolute atomic E-state index is 0.166. The second-order valence-corrected chi connectivity index (χ2v) is 4.53. The molecule has 0 bridgehead atoms. The summed E-state index contributed by atoms with van der Waals surface area (Å²) in [4.78, 5) is 0. The van der Waals surface area contributed by atoms with Gasteiger partial charge in [0.15, 0.2) is 0 Å². The second-order valence-electron chi connectivity index (χ2n) is 4.53. The van der Waals surface area contributed by atoms with Crippen LogP contribution in [0.2, 0.25) is 0 Å². The largest absolute Gasteiger partial charge is 0.390 e. The first-order valence-electron chi connectivity index (χ1n) is 6.89. The van der Waals surface area contributed by atoms with E-state index in [1.165, 1.54) is 0 Å². The number of benzene rings is 1. The maximum Gasteiger partial charge on any atom is 0.134 e. The summed E-state index contributed by atoms with van der Waals surface area (Å²) in [6.07, 6.45) is 1.52. The van der Waals surface area contributed by atoms with Crippen molar-refractivity contribution >= 4 is 6.08 Å². The van der Waals surface area contributed by atoms with Crippen LogP contribution in [0.4, 0.5) is 0 Å². The molecule has 0 spiro atoms. The van der Waals surface area contributed by atoms with Crippen LogP contribution in [-0.2, 0) is 0 Å². The van der Waals surface area contributed by atoms with Crippen LogP contribution in [0.25, 0.3) is 6.08 Å². The molecule has 0 radical (unpaired) electrons. The predicted molar refractivity (Wildman–Crippen MR) is 84.0 cm³/mol. The predicted octanol–water partition coefficient (Wildman–Crippen LogP) is 1.59. The van der Waals surface area contributed by atoms with E-state index in [1.807, 2.05) is 30.3 Å². The quantitative estimate of drug-likeness (QED) is 0.720. The minimum atomic E-state index is -0.884. The number of hydrogen-bond acceptors (Lipinski definition) is 3. The molecule has 3 atom stereocenters. The molecule has 0 saturated heterocycles. The zero-order valence-corrected chi connectivity index (χ0v) is 12.0. The van der Waals surface area contributed by atoms with Crippen LogP contribution in [0.3, 0.4) is 0 Å². The van der Waals surface area contributed by atoms with E-state index in [2.05, 4.69) is 23.7 Å². The molecule has 3 heteroatoms. The minimum Gasteiger partial charge on any atom is -0.390 e. The van der Waals surface area contributed by atoms with Crippen LogP contribution in [0.5, 0.6) is 0 Å². The van der Waals surface area contributed by atoms with Gasteiger partial charge in [0.2, 0.25) is 0 Å². The maximum absolute atomic E-state index is 9.63. The van der Waals surface area contributed by atoms with E-state index in [4.69, 9.17) is 0 Å². The summed E-state index contributed by atoms with van der Waals surface area (Å²) in [5.74, 6) is 10.3. The van der Waals surface area contributed by atoms with E-state index in [9.17, 15) is 15.3 Å². The Labute approximate surface area is 126 Å². The van der Waals surface area contributed by atoms with Gasteiger partial charge < -0.3 is 15.3 Å². The highest BCUT2D eigenvalue weighted by atomic mass is 16.3. The van der Waals surface area contributed by atoms with Crippen LogP contribution >= 0.6 is 0 Å². The molecule has 1 aromatic carbocycles. The van der Waals surface area contributed by atoms with Crippen molar-refractivity contribution in [3.8, 4) is 23.7 Å². The molecule has 0 heterocycles. The Morgan fingerprint density at radius 1 is 1.05 bits per heavy atom. The molecule has 0 saturated carbocycles. The van der Waals surface area contributed by atoms with Gasteiger partial charge in [-0.05, 0) is 29.9 Å². The zero-order chi connectivity index (χ0) is 15.5. The maximum atomic E-state index is 9.63. The summed E-state index contributed by atoms with van der Waals surface area (Å²) in [6, 6.07) is 9.61. The molecule has 1 rings (SSSR count). The molecule has 21 heavy (non-hydrogen) atoms. The van der Waals surface area contributed by atoms with Crippen LogP contribution in [0.1, 0.15) is 25.3 Å². The van der Waals surface area contributed by atoms with E-state index >= 15 is 0 Å². The third-order valence-corrected chi connectivity index (χ3v) is 2.82. The molecule has 110 valence electrons. The Morgan fingerprint density at radius 3 is 2.43 bits per heavy atom. The normalized spacial score (nSPS) is 14.5. The standard InChI is InChI=1S/C18H20O3/c1-2-17(20)18(21)12-8-4-7-11-16(19)14-13-15-9-5-3-6-10-15/h3,5-6,9-10,13-14,16-21H,2,12H2,1H3/t16?,17-,18-/m1/s1. The van der Waals surface area contributed by atoms with Crippen molar-refractivity contribution in [3.63, 3.8) is 0 Å². The Morgan fingerprint density at radius 2 is 1.76 bits per heavy atom. The van der Waals surface area contributed by atoms with Crippen LogP contribution in [-0.4, -0.2) is 33.6 Å². The molecule has 0 aromatic heterocycles. The van der Waals surface area contributed by atoms with Gasteiger partial charge in [0.05, 0.1) is 12.2 Å². The third kappa shape index (κ3) is 7.34. The molecule has 1 unspecified atom stereocenters. The first-order chi connectivity index (χ1) is 10.1. The van der Waals surface area contributed by atoms with Crippen molar-refractivity contribution in [3.05, 3.63) is 42.0 Å². The van der Waals surface area contributed by atoms with Crippen molar-refractivity contribution in [2.24, 2.45) is 0 Å². The number of aliphatic hydroxyl groups is 3. The summed E-state index contributed by atoms with van der Waals surface area (Å²) in [5, 5.41) is 28.4. The molecule has 0 aliphatic rings. The van der Waals surface area contributed by atoms with Crippen molar-refractivity contribution in [2.45, 2.75) is 38.1 Å². The summed E-state index contributed by atoms with van der Waals surface area (Å²) in [6.45, 7) is 1.79. The molecule has 3 nitrogen and oxygen atoms in total. The Kier molecular flexibility index (Phi) is 7.94. The Balaban J connectivity index is 2.43. The zero-order valence-electron chi connectivity index (χ0n) is 12.0. The molecule has 0 fully saturated rings. The second kappa shape index (κ2) is 9.80. The molecule has 0 amide bonds. The molecular formula is C18H20O3. The van der Waals surface area contributed by atoms with Gasteiger partial charge in [0.25, 0.3) is 0 Å². The lowest BCUT2D eigenvalue weighted by Crippen LogP contribution is -2.24. The van der Waals surface area contributed by atoms with Gasteiger partial charge in [-0.2, -0.15) is 0 Å². The molecule has 0 aliphatic heterocycles. The fourth-order valence-corrected chi connectivity index (χ4v) is 1.53. The van der Waals surface area contributed by atoms with E-state index < -0.39 is 18.3 Å². The molecule has 0 aliphatic carbocycles. The lowest BCUT2D eigenvalue weighted by molar-refractivity contribution is 0.0210. The van der Waals surface area contributed by atoms with Gasteiger partial charge in [-0.15, -0.1) is 0 Å². The van der Waals surface area contributed by atoms with E-state index in [0.29, 0.717) is 6.42 Å². The SMILES string of the molecule is CC[C@@H](O)[C@H](O)CC#CC#CC(O)C=Cc1ccccc1. The molecule has 3 N–H and O–H groups in total. The van der Waals surface area contributed by atoms with Gasteiger partial charge in [0.1, 0.15) is 6.10 Å². The van der Waals surface area contributed by atoms with E-state index in [-0.39, 0.29) is 6.42 Å². The topological polar surface area (TPSA) is 60.7 Å². The summed E-state index contributed by atoms with van der Waals surface area (Å²) in [7, 11) is 0. The van der Waals surface area contributed by atoms with Gasteiger partial charge in [0, 0.05) is 6.42 Å². The first-order valence-corrected chi connectivity index (χ1v) is 6.89. The van der Waals surface area contributed by atoms with Crippen molar-refractivity contribution in [2.75, 3.05) is 0 Å². The van der Waals surface area contributed by atoms with Gasteiger partial charge in [-0.25, -0.2) is 0 Å². The monoisotopic (exact) mass is 284 g/mol. The summed E-state index contributed by atoms with van der Waals surface area (Å²) < 4.78 is 0. The third-order valence-electron chi connectivity index (χ3n) is 2.82. The van der Waals surface area contributed by atoms with Gasteiger partial charge in [-0.1, -0.05) is 55.2 Å². The lowest BCUT2D eigenvalue weighted by atomic mass is 10.1. The smallest absolute Gasteiger partial charge is 0.134 e. The fraction of sp³-hybridized carbons (Fsp3) is 0.333. The highest BCUT2D eigenvalue weighted by Crippen LogP contribution is 2.02. The van der Waals surface area contributed by atoms with E-state index in [0.717, 1.165) is 5.56 Å². The highest BCUT2D eigenvalue weighted by Gasteiger charge is 2.11. The van der Waals surface area contributed by atoms with Crippen molar-refractivity contribution < 1.29 is 15.3 Å². The van der Waals surface area contributed by atoms with Crippen LogP contribution < -0.4 is 0 Å².